The zero-order valence-electron chi connectivity index (χ0n) is 13.4. The van der Waals surface area contributed by atoms with Crippen molar-refractivity contribution in [1.29, 1.82) is 0 Å². The fourth-order valence-corrected chi connectivity index (χ4v) is 2.39. The Morgan fingerprint density at radius 3 is 2.70 bits per heavy atom. The summed E-state index contributed by atoms with van der Waals surface area (Å²) < 4.78 is 15.4. The minimum absolute atomic E-state index is 0.0905. The number of aryl methyl sites for hydroxylation is 2. The van der Waals surface area contributed by atoms with Crippen LogP contribution >= 0.6 is 0 Å². The smallest absolute Gasteiger partial charge is 0.319 e. The fraction of sp³-hybridized carbons (Fsp3) is 0.375. The maximum absolute atomic E-state index is 13.6. The number of nitrogens with zero attached hydrogens (tertiary/aromatic N) is 2. The summed E-state index contributed by atoms with van der Waals surface area (Å²) in [4.78, 5) is 12.0. The fourth-order valence-electron chi connectivity index (χ4n) is 2.39. The van der Waals surface area contributed by atoms with Crippen LogP contribution in [0.1, 0.15) is 30.0 Å². The molecule has 7 heteroatoms. The summed E-state index contributed by atoms with van der Waals surface area (Å²) in [5.41, 5.74) is 2.37. The first-order chi connectivity index (χ1) is 10.9. The van der Waals surface area contributed by atoms with Gasteiger partial charge >= 0.3 is 6.03 Å². The topological polar surface area (TPSA) is 79.2 Å². The van der Waals surface area contributed by atoms with Crippen LogP contribution in [0, 0.1) is 19.7 Å². The van der Waals surface area contributed by atoms with Crippen LogP contribution in [0.25, 0.3) is 0 Å². The molecule has 0 spiro atoms. The Labute approximate surface area is 134 Å². The lowest BCUT2D eigenvalue weighted by Crippen LogP contribution is -2.32. The van der Waals surface area contributed by atoms with E-state index in [1.54, 1.807) is 16.8 Å². The molecule has 2 aromatic rings. The van der Waals surface area contributed by atoms with E-state index in [1.807, 2.05) is 20.8 Å². The van der Waals surface area contributed by atoms with Crippen molar-refractivity contribution >= 4 is 11.7 Å². The van der Waals surface area contributed by atoms with Gasteiger partial charge in [-0.05, 0) is 26.8 Å². The lowest BCUT2D eigenvalue weighted by atomic mass is 10.1. The third-order valence-corrected chi connectivity index (χ3v) is 3.64. The molecule has 124 valence electrons. The first kappa shape index (κ1) is 17.0. The summed E-state index contributed by atoms with van der Waals surface area (Å²) in [7, 11) is 0. The van der Waals surface area contributed by atoms with Gasteiger partial charge in [0, 0.05) is 18.7 Å². The van der Waals surface area contributed by atoms with Crippen LogP contribution in [0.3, 0.4) is 0 Å². The molecule has 1 heterocycles. The number of amides is 2. The number of urea groups is 1. The van der Waals surface area contributed by atoms with Crippen molar-refractivity contribution in [3.63, 3.8) is 0 Å². The zero-order valence-corrected chi connectivity index (χ0v) is 13.4. The van der Waals surface area contributed by atoms with Gasteiger partial charge in [-0.2, -0.15) is 5.10 Å². The molecule has 0 fully saturated rings. The Morgan fingerprint density at radius 1 is 1.39 bits per heavy atom. The predicted octanol–water partition coefficient (Wildman–Crippen LogP) is 2.51. The molecule has 3 N–H and O–H groups in total. The monoisotopic (exact) mass is 320 g/mol. The highest BCUT2D eigenvalue weighted by Gasteiger charge is 2.16. The van der Waals surface area contributed by atoms with E-state index >= 15 is 0 Å². The number of aliphatic hydroxyl groups is 1. The average molecular weight is 320 g/mol. The minimum Gasteiger partial charge on any atom is -0.386 e. The molecule has 1 aromatic heterocycles. The van der Waals surface area contributed by atoms with E-state index < -0.39 is 18.0 Å². The van der Waals surface area contributed by atoms with E-state index in [1.165, 1.54) is 12.1 Å². The summed E-state index contributed by atoms with van der Waals surface area (Å²) in [6.07, 6.45) is -1.11. The number of aliphatic hydroxyl groups excluding tert-OH is 1. The van der Waals surface area contributed by atoms with Crippen molar-refractivity contribution in [3.8, 4) is 0 Å². The predicted molar refractivity (Wildman–Crippen MR) is 85.8 cm³/mol. The third kappa shape index (κ3) is 3.87. The minimum atomic E-state index is -1.11. The van der Waals surface area contributed by atoms with Crippen LogP contribution in [0.5, 0.6) is 0 Å². The molecule has 0 saturated carbocycles. The molecular formula is C16H21FN4O2. The Hall–Kier alpha value is -2.41. The molecule has 0 saturated heterocycles. The van der Waals surface area contributed by atoms with Crippen LogP contribution < -0.4 is 10.6 Å². The normalized spacial score (nSPS) is 12.0. The molecule has 2 amide bonds. The summed E-state index contributed by atoms with van der Waals surface area (Å²) in [6.45, 7) is 6.26. The number of halogens is 1. The standard InChI is InChI=1S/C16H21FN4O2/c1-4-21-11(3)15(10(2)20-21)19-16(23)18-9-14(22)12-7-5-6-8-13(12)17/h5-8,14,22H,4,9H2,1-3H3,(H2,18,19,23). The van der Waals surface area contributed by atoms with Gasteiger partial charge in [0.25, 0.3) is 0 Å². The molecule has 2 rings (SSSR count). The molecule has 23 heavy (non-hydrogen) atoms. The summed E-state index contributed by atoms with van der Waals surface area (Å²) in [5.74, 6) is -0.502. The number of aromatic nitrogens is 2. The molecule has 1 unspecified atom stereocenters. The van der Waals surface area contributed by atoms with E-state index in [4.69, 9.17) is 0 Å². The van der Waals surface area contributed by atoms with Gasteiger partial charge in [-0.25, -0.2) is 9.18 Å². The van der Waals surface area contributed by atoms with E-state index in [-0.39, 0.29) is 12.1 Å². The number of carbonyl (C=O) groups is 1. The quantitative estimate of drug-likeness (QED) is 0.792. The van der Waals surface area contributed by atoms with Crippen LogP contribution in [0.15, 0.2) is 24.3 Å². The van der Waals surface area contributed by atoms with Crippen LogP contribution in [0.2, 0.25) is 0 Å². The molecule has 1 atom stereocenters. The maximum Gasteiger partial charge on any atom is 0.319 e. The SMILES string of the molecule is CCn1nc(C)c(NC(=O)NCC(O)c2ccccc2F)c1C. The molecular weight excluding hydrogens is 299 g/mol. The highest BCUT2D eigenvalue weighted by molar-refractivity contribution is 5.90. The van der Waals surface area contributed by atoms with Crippen LogP contribution in [-0.4, -0.2) is 27.5 Å². The van der Waals surface area contributed by atoms with Crippen molar-refractivity contribution in [2.24, 2.45) is 0 Å². The molecule has 1 aromatic carbocycles. The van der Waals surface area contributed by atoms with Crippen molar-refractivity contribution in [3.05, 3.63) is 47.0 Å². The van der Waals surface area contributed by atoms with Crippen LogP contribution in [-0.2, 0) is 6.54 Å². The van der Waals surface area contributed by atoms with Crippen molar-refractivity contribution < 1.29 is 14.3 Å². The summed E-state index contributed by atoms with van der Waals surface area (Å²) in [5, 5.41) is 19.5. The van der Waals surface area contributed by atoms with Gasteiger partial charge in [0.1, 0.15) is 5.82 Å². The lowest BCUT2D eigenvalue weighted by Gasteiger charge is -2.13. The second kappa shape index (κ2) is 7.23. The second-order valence-corrected chi connectivity index (χ2v) is 5.23. The van der Waals surface area contributed by atoms with Gasteiger partial charge < -0.3 is 15.7 Å². The number of carbonyl (C=O) groups excluding carboxylic acids is 1. The number of rotatable bonds is 5. The number of benzene rings is 1. The molecule has 0 radical (unpaired) electrons. The van der Waals surface area contributed by atoms with Gasteiger partial charge in [0.15, 0.2) is 0 Å². The number of hydrogen-bond acceptors (Lipinski definition) is 3. The molecule has 0 aliphatic carbocycles. The second-order valence-electron chi connectivity index (χ2n) is 5.23. The number of nitrogens with one attached hydrogen (secondary N) is 2. The largest absolute Gasteiger partial charge is 0.386 e. The maximum atomic E-state index is 13.6. The lowest BCUT2D eigenvalue weighted by molar-refractivity contribution is 0.170. The Balaban J connectivity index is 1.96. The van der Waals surface area contributed by atoms with Gasteiger partial charge in [0.2, 0.25) is 0 Å². The highest BCUT2D eigenvalue weighted by Crippen LogP contribution is 2.19. The Kier molecular flexibility index (Phi) is 5.33. The van der Waals surface area contributed by atoms with Gasteiger partial charge in [-0.3, -0.25) is 4.68 Å². The first-order valence-corrected chi connectivity index (χ1v) is 7.45. The van der Waals surface area contributed by atoms with E-state index in [0.29, 0.717) is 17.9 Å². The molecule has 6 nitrogen and oxygen atoms in total. The third-order valence-electron chi connectivity index (χ3n) is 3.64. The molecule has 0 bridgehead atoms. The van der Waals surface area contributed by atoms with E-state index in [0.717, 1.165) is 5.69 Å². The van der Waals surface area contributed by atoms with Gasteiger partial charge in [-0.1, -0.05) is 18.2 Å². The summed E-state index contributed by atoms with van der Waals surface area (Å²) in [6, 6.07) is 5.46. The Bertz CT molecular complexity index is 699. The van der Waals surface area contributed by atoms with E-state index in [2.05, 4.69) is 15.7 Å². The van der Waals surface area contributed by atoms with Crippen molar-refractivity contribution in [2.45, 2.75) is 33.4 Å². The zero-order chi connectivity index (χ0) is 17.0. The van der Waals surface area contributed by atoms with Gasteiger partial charge in [-0.15, -0.1) is 0 Å². The first-order valence-electron chi connectivity index (χ1n) is 7.45. The Morgan fingerprint density at radius 2 is 2.09 bits per heavy atom. The average Bonchev–Trinajstić information content (AvgIpc) is 2.80. The number of anilines is 1. The summed E-state index contributed by atoms with van der Waals surface area (Å²) >= 11 is 0. The number of hydrogen-bond donors (Lipinski definition) is 3. The van der Waals surface area contributed by atoms with Gasteiger partial charge in [0.05, 0.1) is 23.2 Å². The van der Waals surface area contributed by atoms with Crippen molar-refractivity contribution in [2.75, 3.05) is 11.9 Å². The van der Waals surface area contributed by atoms with Crippen molar-refractivity contribution in [1.82, 2.24) is 15.1 Å². The van der Waals surface area contributed by atoms with E-state index in [9.17, 15) is 14.3 Å². The highest BCUT2D eigenvalue weighted by atomic mass is 19.1. The molecule has 0 aliphatic rings. The van der Waals surface area contributed by atoms with Crippen LogP contribution in [0.4, 0.5) is 14.9 Å². The molecule has 0 aliphatic heterocycles.